The normalized spacial score (nSPS) is 12.0. The van der Waals surface area contributed by atoms with Gasteiger partial charge in [-0.3, -0.25) is 14.4 Å². The molecule has 2 amide bonds. The number of fused-ring (bicyclic) bond motifs is 1. The van der Waals surface area contributed by atoms with Crippen LogP contribution >= 0.6 is 0 Å². The molecule has 32 heavy (non-hydrogen) atoms. The maximum Gasteiger partial charge on any atom is 0.336 e. The van der Waals surface area contributed by atoms with Gasteiger partial charge in [-0.1, -0.05) is 20.8 Å². The molecular formula is C24H33N3O5. The first-order valence-corrected chi connectivity index (χ1v) is 10.8. The average Bonchev–Trinajstić information content (AvgIpc) is 2.73. The van der Waals surface area contributed by atoms with Crippen molar-refractivity contribution in [1.29, 1.82) is 0 Å². The highest BCUT2D eigenvalue weighted by Crippen LogP contribution is 2.23. The van der Waals surface area contributed by atoms with Crippen LogP contribution in [0, 0.1) is 5.92 Å². The third kappa shape index (κ3) is 6.42. The van der Waals surface area contributed by atoms with E-state index in [1.54, 1.807) is 20.0 Å². The number of benzene rings is 1. The number of Topliss-reactive ketones (excluding diaryl/α,β-unsaturated/α-hetero) is 1. The van der Waals surface area contributed by atoms with E-state index in [1.165, 1.54) is 11.0 Å². The molecule has 1 aromatic carbocycles. The fourth-order valence-corrected chi connectivity index (χ4v) is 3.54. The standard InChI is InChI=1S/C24H33N3O5/c1-7-20(28)19(10-15(2)3)27(6)23(30)14-25-22(29)11-16-12-24(31)32-21-13-17(26(4)5)8-9-18(16)21/h8-9,12-13,15,19H,7,10-11,14H2,1-6H3,(H,25,29). The number of amides is 2. The molecule has 2 aromatic rings. The Labute approximate surface area is 188 Å². The van der Waals surface area contributed by atoms with Crippen LogP contribution in [-0.4, -0.2) is 56.2 Å². The Morgan fingerprint density at radius 3 is 2.38 bits per heavy atom. The molecule has 0 aliphatic heterocycles. The Morgan fingerprint density at radius 1 is 1.09 bits per heavy atom. The van der Waals surface area contributed by atoms with Gasteiger partial charge in [0.05, 0.1) is 19.0 Å². The average molecular weight is 444 g/mol. The lowest BCUT2D eigenvalue weighted by atomic mass is 9.97. The molecule has 2 rings (SSSR count). The first-order chi connectivity index (χ1) is 15.0. The topological polar surface area (TPSA) is 99.9 Å². The fraction of sp³-hybridized carbons (Fsp3) is 0.500. The number of anilines is 1. The van der Waals surface area contributed by atoms with E-state index in [0.717, 1.165) is 5.69 Å². The van der Waals surface area contributed by atoms with Crippen molar-refractivity contribution in [3.05, 3.63) is 40.2 Å². The quantitative estimate of drug-likeness (QED) is 0.566. The van der Waals surface area contributed by atoms with Crippen molar-refractivity contribution in [1.82, 2.24) is 10.2 Å². The van der Waals surface area contributed by atoms with Gasteiger partial charge >= 0.3 is 5.63 Å². The van der Waals surface area contributed by atoms with Gasteiger partial charge in [-0.2, -0.15) is 0 Å². The van der Waals surface area contributed by atoms with Crippen molar-refractivity contribution >= 4 is 34.3 Å². The zero-order valence-corrected chi connectivity index (χ0v) is 19.7. The van der Waals surface area contributed by atoms with Crippen molar-refractivity contribution < 1.29 is 18.8 Å². The number of carbonyl (C=O) groups excluding carboxylic acids is 3. The molecule has 1 atom stereocenters. The predicted octanol–water partition coefficient (Wildman–Crippen LogP) is 2.37. The van der Waals surface area contributed by atoms with E-state index in [1.807, 2.05) is 45.0 Å². The molecule has 0 aliphatic carbocycles. The van der Waals surface area contributed by atoms with Crippen molar-refractivity contribution in [2.24, 2.45) is 5.92 Å². The van der Waals surface area contributed by atoms with Gasteiger partial charge in [0.1, 0.15) is 5.58 Å². The largest absolute Gasteiger partial charge is 0.423 e. The summed E-state index contributed by atoms with van der Waals surface area (Å²) < 4.78 is 5.29. The third-order valence-electron chi connectivity index (χ3n) is 5.39. The van der Waals surface area contributed by atoms with E-state index in [9.17, 15) is 19.2 Å². The van der Waals surface area contributed by atoms with Crippen LogP contribution in [0.5, 0.6) is 0 Å². The van der Waals surface area contributed by atoms with Gasteiger partial charge in [-0.25, -0.2) is 4.79 Å². The van der Waals surface area contributed by atoms with E-state index < -0.39 is 17.6 Å². The molecule has 0 aliphatic rings. The molecular weight excluding hydrogens is 410 g/mol. The SMILES string of the molecule is CCC(=O)C(CC(C)C)N(C)C(=O)CNC(=O)Cc1cc(=O)oc2cc(N(C)C)ccc12. The Hall–Kier alpha value is -3.16. The van der Waals surface area contributed by atoms with Crippen LogP contribution in [0.25, 0.3) is 11.0 Å². The molecule has 174 valence electrons. The van der Waals surface area contributed by atoms with Gasteiger partial charge in [0.25, 0.3) is 0 Å². The van der Waals surface area contributed by atoms with Crippen molar-refractivity contribution in [3.63, 3.8) is 0 Å². The van der Waals surface area contributed by atoms with Gasteiger partial charge in [-0.05, 0) is 30.0 Å². The summed E-state index contributed by atoms with van der Waals surface area (Å²) in [4.78, 5) is 52.7. The number of carbonyl (C=O) groups is 3. The van der Waals surface area contributed by atoms with Crippen LogP contribution in [0.3, 0.4) is 0 Å². The number of nitrogens with one attached hydrogen (secondary N) is 1. The second kappa shape index (κ2) is 10.9. The zero-order chi connectivity index (χ0) is 24.0. The van der Waals surface area contributed by atoms with Crippen molar-refractivity contribution in [2.45, 2.75) is 46.1 Å². The summed E-state index contributed by atoms with van der Waals surface area (Å²) in [6.45, 7) is 5.56. The molecule has 0 saturated carbocycles. The summed E-state index contributed by atoms with van der Waals surface area (Å²) in [5.41, 5.74) is 1.26. The maximum absolute atomic E-state index is 12.6. The maximum atomic E-state index is 12.6. The van der Waals surface area contributed by atoms with Crippen LogP contribution in [0.1, 0.15) is 39.2 Å². The number of ketones is 1. The fourth-order valence-electron chi connectivity index (χ4n) is 3.54. The summed E-state index contributed by atoms with van der Waals surface area (Å²) in [5.74, 6) is -0.469. The van der Waals surface area contributed by atoms with Gasteiger partial charge in [-0.15, -0.1) is 0 Å². The lowest BCUT2D eigenvalue weighted by Crippen LogP contribution is -2.47. The Kier molecular flexibility index (Phi) is 8.57. The second-order valence-corrected chi connectivity index (χ2v) is 8.59. The van der Waals surface area contributed by atoms with Crippen LogP contribution in [0.15, 0.2) is 33.5 Å². The van der Waals surface area contributed by atoms with E-state index >= 15 is 0 Å². The van der Waals surface area contributed by atoms with Gasteiger partial charge in [0.2, 0.25) is 11.8 Å². The molecule has 1 heterocycles. The minimum absolute atomic E-state index is 0.000417. The lowest BCUT2D eigenvalue weighted by Gasteiger charge is -2.28. The number of hydrogen-bond donors (Lipinski definition) is 1. The van der Waals surface area contributed by atoms with Gasteiger partial charge in [0.15, 0.2) is 5.78 Å². The molecule has 0 radical (unpaired) electrons. The molecule has 1 N–H and O–H groups in total. The summed E-state index contributed by atoms with van der Waals surface area (Å²) in [6, 6.07) is 6.22. The molecule has 0 fully saturated rings. The Morgan fingerprint density at radius 2 is 1.78 bits per heavy atom. The highest BCUT2D eigenvalue weighted by molar-refractivity contribution is 5.92. The highest BCUT2D eigenvalue weighted by Gasteiger charge is 2.26. The van der Waals surface area contributed by atoms with E-state index in [-0.39, 0.29) is 30.6 Å². The van der Waals surface area contributed by atoms with Crippen LogP contribution < -0.4 is 15.8 Å². The molecule has 8 heteroatoms. The highest BCUT2D eigenvalue weighted by atomic mass is 16.4. The summed E-state index contributed by atoms with van der Waals surface area (Å²) in [6.07, 6.45) is 0.855. The van der Waals surface area contributed by atoms with Crippen molar-refractivity contribution in [2.75, 3.05) is 32.6 Å². The number of hydrogen-bond acceptors (Lipinski definition) is 6. The summed E-state index contributed by atoms with van der Waals surface area (Å²) >= 11 is 0. The van der Waals surface area contributed by atoms with Crippen molar-refractivity contribution in [3.8, 4) is 0 Å². The summed E-state index contributed by atoms with van der Waals surface area (Å²) in [5, 5.41) is 3.27. The van der Waals surface area contributed by atoms with Crippen LogP contribution in [-0.2, 0) is 20.8 Å². The molecule has 8 nitrogen and oxygen atoms in total. The monoisotopic (exact) mass is 443 g/mol. The summed E-state index contributed by atoms with van der Waals surface area (Å²) in [7, 11) is 5.35. The molecule has 1 aromatic heterocycles. The van der Waals surface area contributed by atoms with E-state index in [2.05, 4.69) is 5.32 Å². The first-order valence-electron chi connectivity index (χ1n) is 10.8. The predicted molar refractivity (Wildman–Crippen MR) is 125 cm³/mol. The van der Waals surface area contributed by atoms with Crippen LogP contribution in [0.2, 0.25) is 0 Å². The minimum Gasteiger partial charge on any atom is -0.423 e. The smallest absolute Gasteiger partial charge is 0.336 e. The van der Waals surface area contributed by atoms with E-state index in [4.69, 9.17) is 4.42 Å². The van der Waals surface area contributed by atoms with Gasteiger partial charge in [0, 0.05) is 50.8 Å². The zero-order valence-electron chi connectivity index (χ0n) is 19.7. The third-order valence-corrected chi connectivity index (χ3v) is 5.39. The second-order valence-electron chi connectivity index (χ2n) is 8.59. The number of rotatable bonds is 10. The minimum atomic E-state index is -0.540. The number of likely N-dealkylation sites (N-methyl/N-ethyl adjacent to an activating group) is 1. The van der Waals surface area contributed by atoms with Gasteiger partial charge < -0.3 is 19.5 Å². The number of nitrogens with zero attached hydrogens (tertiary/aromatic N) is 2. The molecule has 0 bridgehead atoms. The Bertz CT molecular complexity index is 1040. The molecule has 1 unspecified atom stereocenters. The molecule has 0 spiro atoms. The molecule has 0 saturated heterocycles. The Balaban J connectivity index is 2.09. The lowest BCUT2D eigenvalue weighted by molar-refractivity contribution is -0.138. The van der Waals surface area contributed by atoms with Crippen LogP contribution in [0.4, 0.5) is 5.69 Å². The first kappa shape index (κ1) is 25.1. The van der Waals surface area contributed by atoms with E-state index in [0.29, 0.717) is 29.4 Å².